The summed E-state index contributed by atoms with van der Waals surface area (Å²) in [6.45, 7) is 0.299. The van der Waals surface area contributed by atoms with E-state index in [1.807, 2.05) is 6.07 Å². The predicted octanol–water partition coefficient (Wildman–Crippen LogP) is 3.20. The van der Waals surface area contributed by atoms with Crippen molar-refractivity contribution in [3.63, 3.8) is 0 Å². The summed E-state index contributed by atoms with van der Waals surface area (Å²) >= 11 is 3.28. The summed E-state index contributed by atoms with van der Waals surface area (Å²) in [5.74, 6) is 0.756. The molecule has 3 nitrogen and oxygen atoms in total. The number of hydrogen-bond acceptors (Lipinski definition) is 2. The number of alkyl halides is 3. The fourth-order valence-electron chi connectivity index (χ4n) is 2.36. The summed E-state index contributed by atoms with van der Waals surface area (Å²) in [6.07, 6.45) is 0.846. The number of carbonyl (C=O) groups excluding carboxylic acids is 1. The van der Waals surface area contributed by atoms with Crippen LogP contribution in [0, 0.1) is 5.92 Å². The molecule has 1 aliphatic rings. The minimum atomic E-state index is -2.81. The topological polar surface area (TPSA) is 29.5 Å². The highest BCUT2D eigenvalue weighted by molar-refractivity contribution is 9.08. The molecule has 1 aromatic rings. The Morgan fingerprint density at radius 3 is 2.75 bits per heavy atom. The fourth-order valence-corrected chi connectivity index (χ4v) is 2.80. The molecule has 0 atom stereocenters. The van der Waals surface area contributed by atoms with Crippen molar-refractivity contribution in [3.05, 3.63) is 29.3 Å². The van der Waals surface area contributed by atoms with E-state index in [0.29, 0.717) is 16.8 Å². The molecule has 0 bridgehead atoms. The molecule has 0 radical (unpaired) electrons. The number of carbonyl (C=O) groups is 1. The number of likely N-dealkylation sites (tertiary alicyclic amines) is 1. The van der Waals surface area contributed by atoms with Gasteiger partial charge in [0.25, 0.3) is 0 Å². The number of halogens is 3. The van der Waals surface area contributed by atoms with Crippen LogP contribution in [-0.4, -0.2) is 30.5 Å². The molecule has 6 heteroatoms. The molecule has 2 rings (SSSR count). The van der Waals surface area contributed by atoms with Crippen LogP contribution in [0.4, 0.5) is 8.78 Å². The van der Waals surface area contributed by atoms with Crippen molar-refractivity contribution in [3.8, 4) is 5.75 Å². The summed E-state index contributed by atoms with van der Waals surface area (Å²) < 4.78 is 29.0. The third kappa shape index (κ3) is 3.69. The van der Waals surface area contributed by atoms with Crippen LogP contribution in [0.1, 0.15) is 18.1 Å². The lowest BCUT2D eigenvalue weighted by atomic mass is 9.91. The second-order valence-corrected chi connectivity index (χ2v) is 5.51. The maximum Gasteiger partial charge on any atom is 0.387 e. The molecule has 0 aliphatic carbocycles. The molecule has 0 saturated carbocycles. The zero-order valence-electron chi connectivity index (χ0n) is 11.1. The number of benzene rings is 1. The minimum absolute atomic E-state index is 0.100. The van der Waals surface area contributed by atoms with Crippen LogP contribution in [0.25, 0.3) is 0 Å². The summed E-state index contributed by atoms with van der Waals surface area (Å²) in [5.41, 5.74) is 1.79. The largest absolute Gasteiger partial charge is 0.435 e. The van der Waals surface area contributed by atoms with Gasteiger partial charge < -0.3 is 9.64 Å². The molecular formula is C14H16BrF2NO2. The van der Waals surface area contributed by atoms with Gasteiger partial charge in [-0.25, -0.2) is 0 Å². The molecule has 0 spiro atoms. The zero-order chi connectivity index (χ0) is 14.7. The van der Waals surface area contributed by atoms with Crippen molar-refractivity contribution in [2.45, 2.75) is 25.3 Å². The molecule has 1 aliphatic heterocycles. The van der Waals surface area contributed by atoms with E-state index in [1.165, 1.54) is 0 Å². The third-order valence-corrected chi connectivity index (χ3v) is 4.02. The molecule has 0 N–H and O–H groups in total. The SMILES string of the molecule is CC(=O)N1CC(Cc2ccc(OC(F)F)c(CBr)c2)C1. The van der Waals surface area contributed by atoms with Gasteiger partial charge >= 0.3 is 6.61 Å². The number of ether oxygens (including phenoxy) is 1. The first-order valence-corrected chi connectivity index (χ1v) is 7.50. The quantitative estimate of drug-likeness (QED) is 0.765. The maximum absolute atomic E-state index is 12.3. The maximum atomic E-state index is 12.3. The summed E-state index contributed by atoms with van der Waals surface area (Å²) in [7, 11) is 0. The Balaban J connectivity index is 1.98. The smallest absolute Gasteiger partial charge is 0.387 e. The molecule has 1 heterocycles. The van der Waals surface area contributed by atoms with Crippen LogP contribution >= 0.6 is 15.9 Å². The second kappa shape index (κ2) is 6.52. The van der Waals surface area contributed by atoms with Gasteiger partial charge in [0, 0.05) is 30.9 Å². The third-order valence-electron chi connectivity index (χ3n) is 3.41. The lowest BCUT2D eigenvalue weighted by molar-refractivity contribution is -0.134. The van der Waals surface area contributed by atoms with Gasteiger partial charge in [-0.2, -0.15) is 8.78 Å². The Hall–Kier alpha value is -1.17. The monoisotopic (exact) mass is 347 g/mol. The Labute approximate surface area is 125 Å². The van der Waals surface area contributed by atoms with E-state index in [9.17, 15) is 13.6 Å². The molecule has 0 aromatic heterocycles. The fraction of sp³-hybridized carbons (Fsp3) is 0.500. The van der Waals surface area contributed by atoms with E-state index in [1.54, 1.807) is 24.0 Å². The first kappa shape index (κ1) is 15.2. The lowest BCUT2D eigenvalue weighted by Gasteiger charge is -2.38. The Kier molecular flexibility index (Phi) is 4.96. The molecule has 1 fully saturated rings. The first-order valence-electron chi connectivity index (χ1n) is 6.37. The minimum Gasteiger partial charge on any atom is -0.435 e. The highest BCUT2D eigenvalue weighted by Crippen LogP contribution is 2.27. The van der Waals surface area contributed by atoms with Gasteiger partial charge in [0.05, 0.1) is 0 Å². The van der Waals surface area contributed by atoms with Crippen LogP contribution < -0.4 is 4.74 Å². The molecule has 1 amide bonds. The van der Waals surface area contributed by atoms with Gasteiger partial charge in [-0.05, 0) is 24.0 Å². The molecule has 20 heavy (non-hydrogen) atoms. The van der Waals surface area contributed by atoms with Crippen LogP contribution in [0.2, 0.25) is 0 Å². The Morgan fingerprint density at radius 1 is 1.50 bits per heavy atom. The first-order chi connectivity index (χ1) is 9.49. The molecular weight excluding hydrogens is 332 g/mol. The van der Waals surface area contributed by atoms with E-state index in [2.05, 4.69) is 20.7 Å². The zero-order valence-corrected chi connectivity index (χ0v) is 12.7. The van der Waals surface area contributed by atoms with E-state index in [4.69, 9.17) is 0 Å². The molecule has 0 unspecified atom stereocenters. The van der Waals surface area contributed by atoms with E-state index in [0.717, 1.165) is 25.1 Å². The van der Waals surface area contributed by atoms with Gasteiger partial charge in [-0.15, -0.1) is 0 Å². The van der Waals surface area contributed by atoms with Crippen LogP contribution in [0.5, 0.6) is 5.75 Å². The molecule has 110 valence electrons. The molecule has 1 aromatic carbocycles. The van der Waals surface area contributed by atoms with Crippen LogP contribution in [0.15, 0.2) is 18.2 Å². The van der Waals surface area contributed by atoms with E-state index < -0.39 is 6.61 Å². The normalized spacial score (nSPS) is 15.3. The van der Waals surface area contributed by atoms with Crippen molar-refractivity contribution < 1.29 is 18.3 Å². The molecule has 1 saturated heterocycles. The average molecular weight is 348 g/mol. The number of amides is 1. The van der Waals surface area contributed by atoms with Crippen molar-refractivity contribution in [2.24, 2.45) is 5.92 Å². The van der Waals surface area contributed by atoms with E-state index >= 15 is 0 Å². The number of hydrogen-bond donors (Lipinski definition) is 0. The standard InChI is InChI=1S/C14H16BrF2NO2/c1-9(19)18-7-11(8-18)4-10-2-3-13(20-14(16)17)12(5-10)6-15/h2-3,5,11,14H,4,6-8H2,1H3. The van der Waals surface area contributed by atoms with Crippen molar-refractivity contribution >= 4 is 21.8 Å². The highest BCUT2D eigenvalue weighted by Gasteiger charge is 2.28. The van der Waals surface area contributed by atoms with Crippen LogP contribution in [0.3, 0.4) is 0 Å². The Bertz CT molecular complexity index is 490. The summed E-state index contributed by atoms with van der Waals surface area (Å²) in [6, 6.07) is 5.27. The lowest BCUT2D eigenvalue weighted by Crippen LogP contribution is -2.49. The van der Waals surface area contributed by atoms with Crippen molar-refractivity contribution in [1.82, 2.24) is 4.90 Å². The van der Waals surface area contributed by atoms with Gasteiger partial charge in [0.1, 0.15) is 5.75 Å². The Morgan fingerprint density at radius 2 is 2.20 bits per heavy atom. The second-order valence-electron chi connectivity index (χ2n) is 4.95. The highest BCUT2D eigenvalue weighted by atomic mass is 79.9. The van der Waals surface area contributed by atoms with Gasteiger partial charge in [0.2, 0.25) is 5.91 Å². The van der Waals surface area contributed by atoms with Crippen molar-refractivity contribution in [2.75, 3.05) is 13.1 Å². The van der Waals surface area contributed by atoms with E-state index in [-0.39, 0.29) is 11.7 Å². The predicted molar refractivity (Wildman–Crippen MR) is 75.2 cm³/mol. The summed E-state index contributed by atoms with van der Waals surface area (Å²) in [5, 5.41) is 0.465. The number of nitrogens with zero attached hydrogens (tertiary/aromatic N) is 1. The average Bonchev–Trinajstić information content (AvgIpc) is 2.33. The van der Waals surface area contributed by atoms with Gasteiger partial charge in [-0.1, -0.05) is 28.1 Å². The number of rotatable bonds is 5. The van der Waals surface area contributed by atoms with Crippen LogP contribution in [-0.2, 0) is 16.5 Å². The van der Waals surface area contributed by atoms with Gasteiger partial charge in [0.15, 0.2) is 0 Å². The van der Waals surface area contributed by atoms with Gasteiger partial charge in [-0.3, -0.25) is 4.79 Å². The van der Waals surface area contributed by atoms with Crippen molar-refractivity contribution in [1.29, 1.82) is 0 Å². The summed E-state index contributed by atoms with van der Waals surface area (Å²) in [4.78, 5) is 12.9.